The Labute approximate surface area is 219 Å². The number of hydrogen-bond acceptors (Lipinski definition) is 4. The molecule has 0 aliphatic heterocycles. The number of carbonyl (C=O) groups excluding carboxylic acids is 1. The van der Waals surface area contributed by atoms with E-state index in [1.807, 2.05) is 55.5 Å². The predicted octanol–water partition coefficient (Wildman–Crippen LogP) is 7.95. The Kier molecular flexibility index (Phi) is 7.13. The summed E-state index contributed by atoms with van der Waals surface area (Å²) in [7, 11) is 0. The molecule has 5 aromatic rings. The van der Waals surface area contributed by atoms with E-state index in [0.29, 0.717) is 29.0 Å². The average molecular weight is 505 g/mol. The van der Waals surface area contributed by atoms with E-state index in [9.17, 15) is 4.79 Å². The molecular weight excluding hydrogens is 479 g/mol. The van der Waals surface area contributed by atoms with Gasteiger partial charge in [-0.05, 0) is 59.5 Å². The zero-order chi connectivity index (χ0) is 26.5. The number of rotatable bonds is 8. The van der Waals surface area contributed by atoms with E-state index in [1.54, 1.807) is 48.7 Å². The van der Waals surface area contributed by atoms with Crippen LogP contribution in [0.2, 0.25) is 0 Å². The molecule has 6 heteroatoms. The molecule has 0 saturated carbocycles. The second kappa shape index (κ2) is 11.0. The lowest BCUT2D eigenvalue weighted by Gasteiger charge is -2.20. The first-order valence-corrected chi connectivity index (χ1v) is 12.2. The number of nitrogens with one attached hydrogen (secondary N) is 1. The minimum atomic E-state index is -0.579. The molecular formula is C32H25FN2O3. The Morgan fingerprint density at radius 2 is 1.68 bits per heavy atom. The number of esters is 1. The number of allylic oxidation sites excluding steroid dienone is 1. The van der Waals surface area contributed by atoms with E-state index in [-0.39, 0.29) is 5.75 Å². The normalized spacial score (nSPS) is 11.6. The van der Waals surface area contributed by atoms with Gasteiger partial charge in [0.15, 0.2) is 11.6 Å². The molecule has 1 aromatic heterocycles. The van der Waals surface area contributed by atoms with Crippen molar-refractivity contribution in [2.45, 2.75) is 13.3 Å². The van der Waals surface area contributed by atoms with Crippen LogP contribution in [-0.2, 0) is 4.79 Å². The summed E-state index contributed by atoms with van der Waals surface area (Å²) in [6.45, 7) is 5.48. The highest BCUT2D eigenvalue weighted by Crippen LogP contribution is 2.41. The summed E-state index contributed by atoms with van der Waals surface area (Å²) in [6.07, 6.45) is 3.34. The topological polar surface area (TPSA) is 64.2 Å². The Hall–Kier alpha value is -4.97. The lowest BCUT2D eigenvalue weighted by atomic mass is 9.87. The molecule has 1 N–H and O–H groups in total. The average Bonchev–Trinajstić information content (AvgIpc) is 3.42. The number of hydrogen-bond donors (Lipinski definition) is 1. The fourth-order valence-corrected chi connectivity index (χ4v) is 4.44. The lowest BCUT2D eigenvalue weighted by molar-refractivity contribution is -0.128. The summed E-state index contributed by atoms with van der Waals surface area (Å²) in [5, 5.41) is 8.00. The van der Waals surface area contributed by atoms with E-state index in [4.69, 9.17) is 9.47 Å². The van der Waals surface area contributed by atoms with Crippen molar-refractivity contribution in [3.05, 3.63) is 132 Å². The van der Waals surface area contributed by atoms with Crippen LogP contribution in [0.1, 0.15) is 30.0 Å². The Bertz CT molecular complexity index is 1650. The van der Waals surface area contributed by atoms with Crippen LogP contribution in [0.4, 0.5) is 4.39 Å². The molecule has 0 saturated heterocycles. The number of benzene rings is 4. The summed E-state index contributed by atoms with van der Waals surface area (Å²) in [5.41, 5.74) is 4.21. The first-order valence-electron chi connectivity index (χ1n) is 12.2. The zero-order valence-corrected chi connectivity index (χ0v) is 20.8. The monoisotopic (exact) mass is 504 g/mol. The fraction of sp³-hybridized carbons (Fsp3) is 0.0625. The maximum absolute atomic E-state index is 16.1. The van der Waals surface area contributed by atoms with Crippen molar-refractivity contribution in [3.63, 3.8) is 0 Å². The van der Waals surface area contributed by atoms with Gasteiger partial charge in [-0.15, -0.1) is 0 Å². The van der Waals surface area contributed by atoms with Crippen LogP contribution in [0.25, 0.3) is 22.0 Å². The molecule has 0 fully saturated rings. The standard InChI is InChI=1S/C32H25FN2O3/c1-3-24(25-14-10-16-29(32(25)33)37-23-11-6-5-7-12-23)31(21-17-18-27-22(19-21)20-34-35-27)26-13-8-9-15-28(26)38-30(36)4-2/h4-20H,2-3H2,1H3,(H,34,35)/b31-24+. The number of halogens is 1. The van der Waals surface area contributed by atoms with Crippen LogP contribution in [0.15, 0.2) is 110 Å². The molecule has 0 atom stereocenters. The SMILES string of the molecule is C=CC(=O)Oc1ccccc1/C(=C(\CC)c1cccc(Oc2ccccc2)c1F)c1ccc2[nH]ncc2c1. The number of H-pyrrole nitrogens is 1. The molecule has 0 spiro atoms. The van der Waals surface area contributed by atoms with E-state index in [2.05, 4.69) is 16.8 Å². The van der Waals surface area contributed by atoms with Crippen LogP contribution in [0.3, 0.4) is 0 Å². The molecule has 0 radical (unpaired) electrons. The zero-order valence-electron chi connectivity index (χ0n) is 20.8. The molecule has 5 rings (SSSR count). The smallest absolute Gasteiger partial charge is 0.335 e. The Morgan fingerprint density at radius 1 is 0.947 bits per heavy atom. The van der Waals surface area contributed by atoms with Crippen LogP contribution < -0.4 is 9.47 Å². The molecule has 0 amide bonds. The highest BCUT2D eigenvalue weighted by atomic mass is 19.1. The third-order valence-electron chi connectivity index (χ3n) is 6.18. The minimum Gasteiger partial charge on any atom is -0.454 e. The van der Waals surface area contributed by atoms with Gasteiger partial charge >= 0.3 is 5.97 Å². The van der Waals surface area contributed by atoms with Crippen molar-refractivity contribution >= 4 is 28.0 Å². The van der Waals surface area contributed by atoms with Gasteiger partial charge in [-0.2, -0.15) is 5.10 Å². The predicted molar refractivity (Wildman–Crippen MR) is 147 cm³/mol. The van der Waals surface area contributed by atoms with Gasteiger partial charge in [-0.3, -0.25) is 5.10 Å². The largest absolute Gasteiger partial charge is 0.454 e. The van der Waals surface area contributed by atoms with E-state index >= 15 is 4.39 Å². The van der Waals surface area contributed by atoms with Crippen molar-refractivity contribution in [3.8, 4) is 17.2 Å². The van der Waals surface area contributed by atoms with Crippen molar-refractivity contribution in [1.29, 1.82) is 0 Å². The quantitative estimate of drug-likeness (QED) is 0.101. The van der Waals surface area contributed by atoms with Gasteiger partial charge < -0.3 is 9.47 Å². The molecule has 4 aromatic carbocycles. The molecule has 38 heavy (non-hydrogen) atoms. The van der Waals surface area contributed by atoms with E-state index in [1.165, 1.54) is 0 Å². The summed E-state index contributed by atoms with van der Waals surface area (Å²) in [5.74, 6) is -0.0449. The van der Waals surface area contributed by atoms with E-state index in [0.717, 1.165) is 33.7 Å². The second-order valence-corrected chi connectivity index (χ2v) is 8.53. The first kappa shape index (κ1) is 24.7. The van der Waals surface area contributed by atoms with Crippen molar-refractivity contribution in [2.75, 3.05) is 0 Å². The van der Waals surface area contributed by atoms with E-state index < -0.39 is 11.8 Å². The van der Waals surface area contributed by atoms with Crippen molar-refractivity contribution in [1.82, 2.24) is 10.2 Å². The number of fused-ring (bicyclic) bond motifs is 1. The third-order valence-corrected chi connectivity index (χ3v) is 6.18. The molecule has 188 valence electrons. The number of para-hydroxylation sites is 2. The summed E-state index contributed by atoms with van der Waals surface area (Å²) >= 11 is 0. The van der Waals surface area contributed by atoms with Gasteiger partial charge in [-0.25, -0.2) is 9.18 Å². The number of aromatic nitrogens is 2. The van der Waals surface area contributed by atoms with Crippen LogP contribution in [0, 0.1) is 5.82 Å². The van der Waals surface area contributed by atoms with Gasteiger partial charge in [-0.1, -0.05) is 68.1 Å². The molecule has 1 heterocycles. The number of carbonyl (C=O) groups is 1. The summed E-state index contributed by atoms with van der Waals surface area (Å²) in [4.78, 5) is 12.2. The number of aromatic amines is 1. The number of nitrogens with zero attached hydrogens (tertiary/aromatic N) is 1. The van der Waals surface area contributed by atoms with Gasteiger partial charge in [0.25, 0.3) is 0 Å². The third kappa shape index (κ3) is 4.97. The fourth-order valence-electron chi connectivity index (χ4n) is 4.44. The molecule has 0 bridgehead atoms. The molecule has 0 unspecified atom stereocenters. The van der Waals surface area contributed by atoms with Gasteiger partial charge in [0.05, 0.1) is 11.7 Å². The van der Waals surface area contributed by atoms with Crippen molar-refractivity contribution in [2.24, 2.45) is 0 Å². The van der Waals surface area contributed by atoms with Gasteiger partial charge in [0.1, 0.15) is 11.5 Å². The van der Waals surface area contributed by atoms with Crippen LogP contribution in [0.5, 0.6) is 17.2 Å². The lowest BCUT2D eigenvalue weighted by Crippen LogP contribution is -2.06. The van der Waals surface area contributed by atoms with Crippen molar-refractivity contribution < 1.29 is 18.7 Å². The van der Waals surface area contributed by atoms with Crippen LogP contribution >= 0.6 is 0 Å². The maximum Gasteiger partial charge on any atom is 0.335 e. The van der Waals surface area contributed by atoms with Gasteiger partial charge in [0.2, 0.25) is 0 Å². The molecule has 5 nitrogen and oxygen atoms in total. The van der Waals surface area contributed by atoms with Crippen LogP contribution in [-0.4, -0.2) is 16.2 Å². The molecule has 0 aliphatic rings. The number of ether oxygens (including phenoxy) is 2. The second-order valence-electron chi connectivity index (χ2n) is 8.53. The summed E-state index contributed by atoms with van der Waals surface area (Å²) in [6, 6.07) is 27.3. The molecule has 0 aliphatic carbocycles. The Balaban J connectivity index is 1.75. The van der Waals surface area contributed by atoms with Gasteiger partial charge in [0, 0.05) is 22.6 Å². The first-order chi connectivity index (χ1) is 18.6. The minimum absolute atomic E-state index is 0.121. The highest BCUT2D eigenvalue weighted by molar-refractivity contribution is 6.02. The summed E-state index contributed by atoms with van der Waals surface area (Å²) < 4.78 is 27.6. The maximum atomic E-state index is 16.1. The highest BCUT2D eigenvalue weighted by Gasteiger charge is 2.22. The Morgan fingerprint density at radius 3 is 2.47 bits per heavy atom.